The first-order chi connectivity index (χ1) is 6.92. The van der Waals surface area contributed by atoms with Crippen molar-refractivity contribution in [2.24, 2.45) is 5.16 Å². The van der Waals surface area contributed by atoms with Crippen molar-refractivity contribution in [2.75, 3.05) is 0 Å². The van der Waals surface area contributed by atoms with Crippen LogP contribution in [0.25, 0.3) is 5.69 Å². The van der Waals surface area contributed by atoms with Crippen molar-refractivity contribution in [2.45, 2.75) is 0 Å². The Kier molecular flexibility index (Phi) is 2.27. The van der Waals surface area contributed by atoms with Gasteiger partial charge in [0.25, 0.3) is 0 Å². The van der Waals surface area contributed by atoms with Crippen LogP contribution < -0.4 is 0 Å². The van der Waals surface area contributed by atoms with Gasteiger partial charge in [-0.05, 0) is 18.2 Å². The normalized spacial score (nSPS) is 10.9. The maximum atomic E-state index is 8.44. The Hall–Kier alpha value is -2.10. The molecule has 1 aromatic heterocycles. The van der Waals surface area contributed by atoms with Gasteiger partial charge in [0.05, 0.1) is 23.8 Å². The summed E-state index contributed by atoms with van der Waals surface area (Å²) in [6.07, 6.45) is 3.00. The van der Waals surface area contributed by atoms with Gasteiger partial charge in [0, 0.05) is 0 Å². The molecule has 4 nitrogen and oxygen atoms in total. The van der Waals surface area contributed by atoms with E-state index in [1.807, 2.05) is 30.3 Å². The molecule has 0 unspecified atom stereocenters. The smallest absolute Gasteiger partial charge is 0.0919 e. The lowest BCUT2D eigenvalue weighted by Crippen LogP contribution is -2.00. The van der Waals surface area contributed by atoms with Crippen molar-refractivity contribution in [1.29, 1.82) is 0 Å². The van der Waals surface area contributed by atoms with Crippen LogP contribution in [-0.2, 0) is 0 Å². The molecule has 0 aliphatic heterocycles. The molecule has 1 aromatic carbocycles. The van der Waals surface area contributed by atoms with Gasteiger partial charge in [0.2, 0.25) is 0 Å². The van der Waals surface area contributed by atoms with Crippen LogP contribution in [0, 0.1) is 0 Å². The van der Waals surface area contributed by atoms with Crippen molar-refractivity contribution in [3.8, 4) is 5.69 Å². The fourth-order valence-corrected chi connectivity index (χ4v) is 1.26. The van der Waals surface area contributed by atoms with Gasteiger partial charge in [0.1, 0.15) is 0 Å². The van der Waals surface area contributed by atoms with E-state index >= 15 is 0 Å². The first-order valence-electron chi connectivity index (χ1n) is 4.18. The minimum atomic E-state index is 0.735. The molecule has 2 rings (SSSR count). The van der Waals surface area contributed by atoms with Gasteiger partial charge < -0.3 is 5.21 Å². The molecular formula is C10H9N3O. The lowest BCUT2D eigenvalue weighted by Gasteiger charge is -2.02. The standard InChI is InChI=1S/C10H9N3O/c14-12-8-10-6-7-11-13(10)9-4-2-1-3-5-9/h1-8,14H/b12-8+. The highest BCUT2D eigenvalue weighted by Crippen LogP contribution is 2.07. The summed E-state index contributed by atoms with van der Waals surface area (Å²) in [5.74, 6) is 0. The molecule has 0 spiro atoms. The fourth-order valence-electron chi connectivity index (χ4n) is 1.26. The SMILES string of the molecule is O/N=C/c1ccnn1-c1ccccc1. The average Bonchev–Trinajstić information content (AvgIpc) is 2.68. The summed E-state index contributed by atoms with van der Waals surface area (Å²) in [5.41, 5.74) is 1.67. The van der Waals surface area contributed by atoms with Gasteiger partial charge in [-0.2, -0.15) is 5.10 Å². The van der Waals surface area contributed by atoms with Crippen molar-refractivity contribution in [3.05, 3.63) is 48.3 Å². The average molecular weight is 187 g/mol. The van der Waals surface area contributed by atoms with Crippen molar-refractivity contribution in [3.63, 3.8) is 0 Å². The molecule has 0 amide bonds. The third-order valence-electron chi connectivity index (χ3n) is 1.86. The number of para-hydroxylation sites is 1. The molecule has 0 bridgehead atoms. The number of rotatable bonds is 2. The van der Waals surface area contributed by atoms with Gasteiger partial charge in [-0.25, -0.2) is 4.68 Å². The topological polar surface area (TPSA) is 50.4 Å². The number of nitrogens with zero attached hydrogens (tertiary/aromatic N) is 3. The number of aromatic nitrogens is 2. The third-order valence-corrected chi connectivity index (χ3v) is 1.86. The quantitative estimate of drug-likeness (QED) is 0.441. The summed E-state index contributed by atoms with van der Waals surface area (Å²) in [4.78, 5) is 0. The molecule has 2 aromatic rings. The zero-order chi connectivity index (χ0) is 9.80. The van der Waals surface area contributed by atoms with Crippen molar-refractivity contribution >= 4 is 6.21 Å². The van der Waals surface area contributed by atoms with E-state index in [4.69, 9.17) is 5.21 Å². The van der Waals surface area contributed by atoms with Crippen LogP contribution in [0.5, 0.6) is 0 Å². The van der Waals surface area contributed by atoms with Crippen LogP contribution in [-0.4, -0.2) is 21.2 Å². The molecule has 1 N–H and O–H groups in total. The Morgan fingerprint density at radius 1 is 1.21 bits per heavy atom. The molecule has 14 heavy (non-hydrogen) atoms. The maximum Gasteiger partial charge on any atom is 0.0919 e. The third kappa shape index (κ3) is 1.50. The van der Waals surface area contributed by atoms with Gasteiger partial charge in [-0.15, -0.1) is 0 Å². The van der Waals surface area contributed by atoms with E-state index in [2.05, 4.69) is 10.3 Å². The zero-order valence-electron chi connectivity index (χ0n) is 7.41. The van der Waals surface area contributed by atoms with Gasteiger partial charge in [-0.3, -0.25) is 0 Å². The Balaban J connectivity index is 2.47. The second kappa shape index (κ2) is 3.74. The van der Waals surface area contributed by atoms with Crippen molar-refractivity contribution in [1.82, 2.24) is 9.78 Å². The first-order valence-corrected chi connectivity index (χ1v) is 4.18. The minimum absolute atomic E-state index is 0.735. The molecule has 0 saturated heterocycles. The Morgan fingerprint density at radius 3 is 2.71 bits per heavy atom. The molecular weight excluding hydrogens is 178 g/mol. The summed E-state index contributed by atoms with van der Waals surface area (Å²) in [6, 6.07) is 11.4. The molecule has 1 heterocycles. The Bertz CT molecular complexity index is 434. The van der Waals surface area contributed by atoms with Crippen LogP contribution in [0.15, 0.2) is 47.8 Å². The summed E-state index contributed by atoms with van der Waals surface area (Å²) in [5, 5.41) is 15.5. The van der Waals surface area contributed by atoms with E-state index in [-0.39, 0.29) is 0 Å². The summed E-state index contributed by atoms with van der Waals surface area (Å²) in [7, 11) is 0. The molecule has 0 aliphatic carbocycles. The fraction of sp³-hybridized carbons (Fsp3) is 0. The second-order valence-electron chi connectivity index (χ2n) is 2.75. The van der Waals surface area contributed by atoms with Gasteiger partial charge in [-0.1, -0.05) is 23.4 Å². The first kappa shape index (κ1) is 8.50. The molecule has 4 heteroatoms. The molecule has 0 atom stereocenters. The van der Waals surface area contributed by atoms with Crippen molar-refractivity contribution < 1.29 is 5.21 Å². The van der Waals surface area contributed by atoms with Crippen LogP contribution in [0.4, 0.5) is 0 Å². The van der Waals surface area contributed by atoms with Gasteiger partial charge >= 0.3 is 0 Å². The monoisotopic (exact) mass is 187 g/mol. The number of benzene rings is 1. The molecule has 0 aliphatic rings. The van der Waals surface area contributed by atoms with Crippen LogP contribution in [0.1, 0.15) is 5.69 Å². The minimum Gasteiger partial charge on any atom is -0.411 e. The van der Waals surface area contributed by atoms with Crippen LogP contribution >= 0.6 is 0 Å². The highest BCUT2D eigenvalue weighted by atomic mass is 16.4. The Labute approximate surface area is 81.1 Å². The highest BCUT2D eigenvalue weighted by molar-refractivity contribution is 5.77. The number of hydrogen-bond donors (Lipinski definition) is 1. The molecule has 0 radical (unpaired) electrons. The Morgan fingerprint density at radius 2 is 2.00 bits per heavy atom. The molecule has 0 saturated carbocycles. The highest BCUT2D eigenvalue weighted by Gasteiger charge is 2.00. The summed E-state index contributed by atoms with van der Waals surface area (Å²) in [6.45, 7) is 0. The molecule has 70 valence electrons. The van der Waals surface area contributed by atoms with E-state index in [1.54, 1.807) is 16.9 Å². The van der Waals surface area contributed by atoms with E-state index in [0.717, 1.165) is 11.4 Å². The zero-order valence-corrected chi connectivity index (χ0v) is 7.41. The second-order valence-corrected chi connectivity index (χ2v) is 2.75. The van der Waals surface area contributed by atoms with E-state index < -0.39 is 0 Å². The van der Waals surface area contributed by atoms with Gasteiger partial charge in [0.15, 0.2) is 0 Å². The van der Waals surface area contributed by atoms with Crippen LogP contribution in [0.3, 0.4) is 0 Å². The number of oxime groups is 1. The lowest BCUT2D eigenvalue weighted by molar-refractivity contribution is 0.321. The van der Waals surface area contributed by atoms with Crippen LogP contribution in [0.2, 0.25) is 0 Å². The van der Waals surface area contributed by atoms with E-state index in [1.165, 1.54) is 6.21 Å². The lowest BCUT2D eigenvalue weighted by atomic mass is 10.3. The predicted octanol–water partition coefficient (Wildman–Crippen LogP) is 1.68. The van der Waals surface area contributed by atoms with E-state index in [0.29, 0.717) is 0 Å². The largest absolute Gasteiger partial charge is 0.411 e. The maximum absolute atomic E-state index is 8.44. The van der Waals surface area contributed by atoms with E-state index in [9.17, 15) is 0 Å². The number of hydrogen-bond acceptors (Lipinski definition) is 3. The summed E-state index contributed by atoms with van der Waals surface area (Å²) < 4.78 is 1.69. The molecule has 0 fully saturated rings. The predicted molar refractivity (Wildman–Crippen MR) is 52.9 cm³/mol. The summed E-state index contributed by atoms with van der Waals surface area (Å²) >= 11 is 0.